The number of carbonyl (C=O) groups is 1. The zero-order valence-electron chi connectivity index (χ0n) is 18.4. The average Bonchev–Trinajstić information content (AvgIpc) is 3.28. The number of hydrogen-bond acceptors (Lipinski definition) is 7. The minimum absolute atomic E-state index is 0.146. The van der Waals surface area contributed by atoms with Gasteiger partial charge in [-0.15, -0.1) is 10.2 Å². The number of nitro groups is 1. The number of hydrogen-bond donors (Lipinski definition) is 1. The van der Waals surface area contributed by atoms with Crippen molar-refractivity contribution in [1.29, 1.82) is 0 Å². The van der Waals surface area contributed by atoms with Crippen molar-refractivity contribution in [2.45, 2.75) is 17.3 Å². The lowest BCUT2D eigenvalue weighted by atomic mass is 10.2. The molecule has 0 fully saturated rings. The van der Waals surface area contributed by atoms with Gasteiger partial charge in [0.25, 0.3) is 5.69 Å². The Morgan fingerprint density at radius 3 is 2.38 bits per heavy atom. The van der Waals surface area contributed by atoms with Gasteiger partial charge in [-0.3, -0.25) is 19.5 Å². The van der Waals surface area contributed by atoms with Crippen LogP contribution in [0.4, 0.5) is 11.4 Å². The first-order valence-corrected chi connectivity index (χ1v) is 11.2. The van der Waals surface area contributed by atoms with Crippen molar-refractivity contribution in [3.8, 4) is 22.8 Å². The van der Waals surface area contributed by atoms with Crippen LogP contribution in [0.15, 0.2) is 84.0 Å². The fraction of sp³-hybridized carbons (Fsp3) is 0.125. The van der Waals surface area contributed by atoms with Gasteiger partial charge in [0.15, 0.2) is 11.0 Å². The standard InChI is InChI=1S/C24H21N5O4S/c1-16(23(30)25-20-15-19(29(31)32)13-14-21(20)33-2)34-24-27-26-22(17-9-5-3-6-10-17)28(24)18-11-7-4-8-12-18/h3-16H,1-2H3,(H,25,30). The normalized spacial score (nSPS) is 11.6. The van der Waals surface area contributed by atoms with E-state index in [4.69, 9.17) is 4.74 Å². The molecule has 4 rings (SSSR count). The number of rotatable bonds is 8. The van der Waals surface area contributed by atoms with Gasteiger partial charge in [0.2, 0.25) is 5.91 Å². The number of benzene rings is 3. The number of para-hydroxylation sites is 1. The molecule has 9 nitrogen and oxygen atoms in total. The maximum Gasteiger partial charge on any atom is 0.271 e. The summed E-state index contributed by atoms with van der Waals surface area (Å²) in [5, 5.41) is 22.6. The maximum atomic E-state index is 13.0. The van der Waals surface area contributed by atoms with Crippen molar-refractivity contribution in [3.05, 3.63) is 89.0 Å². The van der Waals surface area contributed by atoms with E-state index in [2.05, 4.69) is 15.5 Å². The summed E-state index contributed by atoms with van der Waals surface area (Å²) in [7, 11) is 1.43. The summed E-state index contributed by atoms with van der Waals surface area (Å²) in [5.41, 5.74) is 1.84. The van der Waals surface area contributed by atoms with Crippen LogP contribution in [0.2, 0.25) is 0 Å². The second-order valence-corrected chi connectivity index (χ2v) is 8.54. The SMILES string of the molecule is COc1ccc([N+](=O)[O-])cc1NC(=O)C(C)Sc1nnc(-c2ccccc2)n1-c1ccccc1. The van der Waals surface area contributed by atoms with Crippen LogP contribution >= 0.6 is 11.8 Å². The lowest BCUT2D eigenvalue weighted by Gasteiger charge is -2.15. The number of non-ortho nitro benzene ring substituents is 1. The summed E-state index contributed by atoms with van der Waals surface area (Å²) < 4.78 is 7.14. The third-order valence-corrected chi connectivity index (χ3v) is 6.03. The molecule has 1 heterocycles. The minimum Gasteiger partial charge on any atom is -0.495 e. The van der Waals surface area contributed by atoms with Gasteiger partial charge in [-0.1, -0.05) is 60.3 Å². The molecule has 1 N–H and O–H groups in total. The smallest absolute Gasteiger partial charge is 0.271 e. The number of aromatic nitrogens is 3. The molecule has 0 radical (unpaired) electrons. The Hall–Kier alpha value is -4.18. The topological polar surface area (TPSA) is 112 Å². The Morgan fingerprint density at radius 1 is 1.06 bits per heavy atom. The number of thioether (sulfide) groups is 1. The second kappa shape index (κ2) is 10.2. The summed E-state index contributed by atoms with van der Waals surface area (Å²) in [4.78, 5) is 23.6. The van der Waals surface area contributed by atoms with E-state index < -0.39 is 10.2 Å². The minimum atomic E-state index is -0.584. The molecule has 34 heavy (non-hydrogen) atoms. The van der Waals surface area contributed by atoms with Crippen LogP contribution < -0.4 is 10.1 Å². The molecule has 1 amide bonds. The first kappa shape index (κ1) is 23.0. The first-order valence-electron chi connectivity index (χ1n) is 10.3. The molecule has 0 saturated heterocycles. The molecule has 1 atom stereocenters. The van der Waals surface area contributed by atoms with E-state index in [1.807, 2.05) is 65.2 Å². The molecule has 0 bridgehead atoms. The molecule has 0 aliphatic heterocycles. The van der Waals surface area contributed by atoms with Crippen LogP contribution in [0.3, 0.4) is 0 Å². The lowest BCUT2D eigenvalue weighted by Crippen LogP contribution is -2.23. The average molecular weight is 476 g/mol. The summed E-state index contributed by atoms with van der Waals surface area (Å²) in [6.07, 6.45) is 0. The van der Waals surface area contributed by atoms with E-state index in [-0.39, 0.29) is 17.3 Å². The van der Waals surface area contributed by atoms with Crippen molar-refractivity contribution in [3.63, 3.8) is 0 Å². The summed E-state index contributed by atoms with van der Waals surface area (Å²) in [6.45, 7) is 1.73. The Kier molecular flexibility index (Phi) is 6.88. The number of nitrogens with one attached hydrogen (secondary N) is 1. The van der Waals surface area contributed by atoms with Gasteiger partial charge < -0.3 is 10.1 Å². The van der Waals surface area contributed by atoms with E-state index in [0.717, 1.165) is 11.3 Å². The van der Waals surface area contributed by atoms with Gasteiger partial charge in [-0.05, 0) is 25.1 Å². The van der Waals surface area contributed by atoms with E-state index in [1.54, 1.807) is 6.92 Å². The number of carbonyl (C=O) groups excluding carboxylic acids is 1. The molecule has 3 aromatic carbocycles. The number of amides is 1. The number of nitrogens with zero attached hydrogens (tertiary/aromatic N) is 4. The number of anilines is 1. The highest BCUT2D eigenvalue weighted by Crippen LogP contribution is 2.32. The van der Waals surface area contributed by atoms with Gasteiger partial charge in [0.05, 0.1) is 23.0 Å². The lowest BCUT2D eigenvalue weighted by molar-refractivity contribution is -0.384. The van der Waals surface area contributed by atoms with E-state index in [0.29, 0.717) is 16.7 Å². The van der Waals surface area contributed by atoms with Crippen LogP contribution in [0.25, 0.3) is 17.1 Å². The Morgan fingerprint density at radius 2 is 1.74 bits per heavy atom. The molecule has 1 unspecified atom stereocenters. The van der Waals surface area contributed by atoms with Crippen LogP contribution in [-0.2, 0) is 4.79 Å². The number of methoxy groups -OCH3 is 1. The third-order valence-electron chi connectivity index (χ3n) is 4.98. The summed E-state index contributed by atoms with van der Waals surface area (Å²) in [5.74, 6) is 0.630. The molecule has 172 valence electrons. The quantitative estimate of drug-likeness (QED) is 0.217. The van der Waals surface area contributed by atoms with Crippen molar-refractivity contribution >= 4 is 29.0 Å². The Labute approximate surface area is 199 Å². The van der Waals surface area contributed by atoms with E-state index >= 15 is 0 Å². The third kappa shape index (κ3) is 4.91. The highest BCUT2D eigenvalue weighted by atomic mass is 32.2. The predicted octanol–water partition coefficient (Wildman–Crippen LogP) is 4.97. The molecule has 0 aliphatic rings. The zero-order chi connectivity index (χ0) is 24.1. The predicted molar refractivity (Wildman–Crippen MR) is 130 cm³/mol. The molecule has 4 aromatic rings. The largest absolute Gasteiger partial charge is 0.495 e. The molecular formula is C24H21N5O4S. The van der Waals surface area contributed by atoms with Crippen molar-refractivity contribution in [2.75, 3.05) is 12.4 Å². The number of ether oxygens (including phenoxy) is 1. The van der Waals surface area contributed by atoms with Crippen LogP contribution in [-0.4, -0.2) is 38.0 Å². The zero-order valence-corrected chi connectivity index (χ0v) is 19.2. The first-order chi connectivity index (χ1) is 16.5. The van der Waals surface area contributed by atoms with E-state index in [1.165, 1.54) is 37.1 Å². The van der Waals surface area contributed by atoms with Crippen molar-refractivity contribution in [2.24, 2.45) is 0 Å². The van der Waals surface area contributed by atoms with Crippen molar-refractivity contribution < 1.29 is 14.5 Å². The van der Waals surface area contributed by atoms with Gasteiger partial charge in [-0.2, -0.15) is 0 Å². The van der Waals surface area contributed by atoms with E-state index in [9.17, 15) is 14.9 Å². The van der Waals surface area contributed by atoms with Crippen LogP contribution in [0, 0.1) is 10.1 Å². The van der Waals surface area contributed by atoms with Gasteiger partial charge >= 0.3 is 0 Å². The summed E-state index contributed by atoms with van der Waals surface area (Å²) in [6, 6.07) is 23.4. The fourth-order valence-electron chi connectivity index (χ4n) is 3.28. The monoisotopic (exact) mass is 475 g/mol. The molecular weight excluding hydrogens is 454 g/mol. The molecule has 1 aromatic heterocycles. The van der Waals surface area contributed by atoms with Gasteiger partial charge in [0.1, 0.15) is 5.75 Å². The van der Waals surface area contributed by atoms with Gasteiger partial charge in [-0.25, -0.2) is 0 Å². The molecule has 0 spiro atoms. The molecule has 0 aliphatic carbocycles. The molecule has 10 heteroatoms. The maximum absolute atomic E-state index is 13.0. The van der Waals surface area contributed by atoms with Crippen LogP contribution in [0.5, 0.6) is 5.75 Å². The molecule has 0 saturated carbocycles. The Balaban J connectivity index is 1.62. The fourth-order valence-corrected chi connectivity index (χ4v) is 4.15. The van der Waals surface area contributed by atoms with Crippen LogP contribution in [0.1, 0.15) is 6.92 Å². The van der Waals surface area contributed by atoms with Gasteiger partial charge in [0, 0.05) is 23.4 Å². The Bertz CT molecular complexity index is 1310. The summed E-state index contributed by atoms with van der Waals surface area (Å²) >= 11 is 1.23. The highest BCUT2D eigenvalue weighted by Gasteiger charge is 2.23. The van der Waals surface area contributed by atoms with Crippen molar-refractivity contribution in [1.82, 2.24) is 14.8 Å². The highest BCUT2D eigenvalue weighted by molar-refractivity contribution is 8.00. The second-order valence-electron chi connectivity index (χ2n) is 7.23. The number of nitro benzene ring substituents is 1.